The summed E-state index contributed by atoms with van der Waals surface area (Å²) in [6.07, 6.45) is 5.91. The maximum Gasteiger partial charge on any atom is 0.0466 e. The number of halogens is 1. The quantitative estimate of drug-likeness (QED) is 0.609. The van der Waals surface area contributed by atoms with Crippen LogP contribution in [0.5, 0.6) is 0 Å². The van der Waals surface area contributed by atoms with Crippen LogP contribution in [0.2, 0.25) is 5.02 Å². The van der Waals surface area contributed by atoms with Crippen molar-refractivity contribution in [1.82, 2.24) is 0 Å². The van der Waals surface area contributed by atoms with Crippen LogP contribution in [-0.4, -0.2) is 13.2 Å². The molecule has 1 aromatic carbocycles. The van der Waals surface area contributed by atoms with Gasteiger partial charge in [0.05, 0.1) is 0 Å². The Bertz CT molecular complexity index is 269. The minimum atomic E-state index is 0.816. The highest BCUT2D eigenvalue weighted by Crippen LogP contribution is 2.12. The molecular formula is C14H21ClO. The molecule has 0 bridgehead atoms. The highest BCUT2D eigenvalue weighted by atomic mass is 35.5. The Hall–Kier alpha value is -0.530. The minimum Gasteiger partial charge on any atom is -0.381 e. The second kappa shape index (κ2) is 8.60. The summed E-state index contributed by atoms with van der Waals surface area (Å²) < 4.78 is 5.43. The monoisotopic (exact) mass is 240 g/mol. The third-order valence-corrected chi connectivity index (χ3v) is 2.77. The van der Waals surface area contributed by atoms with Crippen molar-refractivity contribution in [2.75, 3.05) is 13.2 Å². The molecule has 16 heavy (non-hydrogen) atoms. The summed E-state index contributed by atoms with van der Waals surface area (Å²) in [6, 6.07) is 8.13. The van der Waals surface area contributed by atoms with Gasteiger partial charge in [0.15, 0.2) is 0 Å². The van der Waals surface area contributed by atoms with Crippen molar-refractivity contribution in [3.05, 3.63) is 34.9 Å². The Balaban J connectivity index is 2.01. The van der Waals surface area contributed by atoms with Crippen LogP contribution in [0.15, 0.2) is 24.3 Å². The molecule has 0 saturated heterocycles. The van der Waals surface area contributed by atoms with Crippen molar-refractivity contribution < 1.29 is 4.74 Å². The van der Waals surface area contributed by atoms with E-state index in [-0.39, 0.29) is 0 Å². The van der Waals surface area contributed by atoms with Crippen molar-refractivity contribution in [2.45, 2.75) is 39.0 Å². The lowest BCUT2D eigenvalue weighted by Gasteiger charge is -2.03. The molecule has 0 aromatic heterocycles. The zero-order valence-corrected chi connectivity index (χ0v) is 10.8. The number of rotatable bonds is 8. The Morgan fingerprint density at radius 2 is 1.75 bits per heavy atom. The predicted molar refractivity (Wildman–Crippen MR) is 70.1 cm³/mol. The molecule has 0 saturated carbocycles. The van der Waals surface area contributed by atoms with Crippen LogP contribution in [0.3, 0.4) is 0 Å². The molecule has 0 fully saturated rings. The first-order valence-corrected chi connectivity index (χ1v) is 6.53. The van der Waals surface area contributed by atoms with Gasteiger partial charge in [0.25, 0.3) is 0 Å². The average Bonchev–Trinajstić information content (AvgIpc) is 2.30. The smallest absolute Gasteiger partial charge is 0.0466 e. The number of hydrogen-bond acceptors (Lipinski definition) is 1. The number of aryl methyl sites for hydroxylation is 1. The molecule has 0 aliphatic carbocycles. The lowest BCUT2D eigenvalue weighted by atomic mass is 10.1. The summed E-state index contributed by atoms with van der Waals surface area (Å²) in [5.41, 5.74) is 1.37. The van der Waals surface area contributed by atoms with E-state index in [0.717, 1.165) is 31.1 Å². The minimum absolute atomic E-state index is 0.816. The molecule has 1 aromatic rings. The standard InChI is InChI=1S/C14H21ClO/c1-2-11-16-12-5-3-4-6-13-7-9-14(15)10-8-13/h7-10H,2-6,11-12H2,1H3. The highest BCUT2D eigenvalue weighted by molar-refractivity contribution is 6.30. The molecule has 0 radical (unpaired) electrons. The predicted octanol–water partition coefficient (Wildman–Crippen LogP) is 4.48. The van der Waals surface area contributed by atoms with Gasteiger partial charge in [0, 0.05) is 18.2 Å². The van der Waals surface area contributed by atoms with Crippen LogP contribution < -0.4 is 0 Å². The normalized spacial score (nSPS) is 10.6. The maximum absolute atomic E-state index is 5.83. The Labute approximate surface area is 104 Å². The first-order valence-electron chi connectivity index (χ1n) is 6.15. The van der Waals surface area contributed by atoms with Crippen LogP contribution in [0.1, 0.15) is 38.2 Å². The molecule has 0 aliphatic rings. The van der Waals surface area contributed by atoms with E-state index < -0.39 is 0 Å². The molecule has 90 valence electrons. The van der Waals surface area contributed by atoms with E-state index in [2.05, 4.69) is 19.1 Å². The summed E-state index contributed by atoms with van der Waals surface area (Å²) >= 11 is 5.83. The number of benzene rings is 1. The van der Waals surface area contributed by atoms with Crippen molar-refractivity contribution >= 4 is 11.6 Å². The van der Waals surface area contributed by atoms with Crippen LogP contribution in [-0.2, 0) is 11.2 Å². The van der Waals surface area contributed by atoms with Gasteiger partial charge in [-0.05, 0) is 43.4 Å². The van der Waals surface area contributed by atoms with Crippen molar-refractivity contribution in [1.29, 1.82) is 0 Å². The fraction of sp³-hybridized carbons (Fsp3) is 0.571. The molecule has 0 spiro atoms. The fourth-order valence-corrected chi connectivity index (χ4v) is 1.73. The van der Waals surface area contributed by atoms with E-state index in [0.29, 0.717) is 0 Å². The van der Waals surface area contributed by atoms with Crippen molar-refractivity contribution in [2.24, 2.45) is 0 Å². The second-order valence-electron chi connectivity index (χ2n) is 4.05. The van der Waals surface area contributed by atoms with E-state index in [9.17, 15) is 0 Å². The van der Waals surface area contributed by atoms with Crippen LogP contribution in [0, 0.1) is 0 Å². The molecule has 0 heterocycles. The van der Waals surface area contributed by atoms with Gasteiger partial charge in [-0.25, -0.2) is 0 Å². The second-order valence-corrected chi connectivity index (χ2v) is 4.49. The molecule has 0 aliphatic heterocycles. The topological polar surface area (TPSA) is 9.23 Å². The molecule has 0 N–H and O–H groups in total. The lowest BCUT2D eigenvalue weighted by molar-refractivity contribution is 0.130. The molecule has 1 nitrogen and oxygen atoms in total. The molecule has 0 atom stereocenters. The molecular weight excluding hydrogens is 220 g/mol. The molecule has 1 rings (SSSR count). The third kappa shape index (κ3) is 6.14. The number of hydrogen-bond donors (Lipinski definition) is 0. The lowest BCUT2D eigenvalue weighted by Crippen LogP contribution is -1.96. The summed E-state index contributed by atoms with van der Waals surface area (Å²) in [4.78, 5) is 0. The van der Waals surface area contributed by atoms with Gasteiger partial charge in [0.2, 0.25) is 0 Å². The maximum atomic E-state index is 5.83. The first kappa shape index (κ1) is 13.5. The van der Waals surface area contributed by atoms with Crippen molar-refractivity contribution in [3.8, 4) is 0 Å². The summed E-state index contributed by atoms with van der Waals surface area (Å²) in [5.74, 6) is 0. The van der Waals surface area contributed by atoms with Gasteiger partial charge in [0.1, 0.15) is 0 Å². The third-order valence-electron chi connectivity index (χ3n) is 2.52. The molecule has 0 unspecified atom stereocenters. The Kier molecular flexibility index (Phi) is 7.28. The first-order chi connectivity index (χ1) is 7.83. The van der Waals surface area contributed by atoms with Crippen LogP contribution >= 0.6 is 11.6 Å². The van der Waals surface area contributed by atoms with Gasteiger partial charge in [-0.3, -0.25) is 0 Å². The fourth-order valence-electron chi connectivity index (χ4n) is 1.61. The number of ether oxygens (including phenoxy) is 1. The zero-order chi connectivity index (χ0) is 11.6. The Morgan fingerprint density at radius 3 is 2.44 bits per heavy atom. The van der Waals surface area contributed by atoms with E-state index in [1.54, 1.807) is 0 Å². The van der Waals surface area contributed by atoms with Gasteiger partial charge in [-0.15, -0.1) is 0 Å². The Morgan fingerprint density at radius 1 is 1.00 bits per heavy atom. The van der Waals surface area contributed by atoms with E-state index in [4.69, 9.17) is 16.3 Å². The van der Waals surface area contributed by atoms with Gasteiger partial charge in [-0.2, -0.15) is 0 Å². The zero-order valence-electron chi connectivity index (χ0n) is 10.0. The highest BCUT2D eigenvalue weighted by Gasteiger charge is 1.94. The summed E-state index contributed by atoms with van der Waals surface area (Å²) in [5, 5.41) is 0.816. The van der Waals surface area contributed by atoms with E-state index >= 15 is 0 Å². The summed E-state index contributed by atoms with van der Waals surface area (Å²) in [6.45, 7) is 3.95. The summed E-state index contributed by atoms with van der Waals surface area (Å²) in [7, 11) is 0. The largest absolute Gasteiger partial charge is 0.381 e. The average molecular weight is 241 g/mol. The van der Waals surface area contributed by atoms with Crippen molar-refractivity contribution in [3.63, 3.8) is 0 Å². The molecule has 0 amide bonds. The van der Waals surface area contributed by atoms with Gasteiger partial charge < -0.3 is 4.74 Å². The number of unbranched alkanes of at least 4 members (excludes halogenated alkanes) is 2. The van der Waals surface area contributed by atoms with E-state index in [1.807, 2.05) is 12.1 Å². The van der Waals surface area contributed by atoms with Gasteiger partial charge >= 0.3 is 0 Å². The van der Waals surface area contributed by atoms with Crippen LogP contribution in [0.4, 0.5) is 0 Å². The van der Waals surface area contributed by atoms with E-state index in [1.165, 1.54) is 24.8 Å². The SMILES string of the molecule is CCCOCCCCCc1ccc(Cl)cc1. The van der Waals surface area contributed by atoms with Crippen LogP contribution in [0.25, 0.3) is 0 Å². The van der Waals surface area contributed by atoms with Gasteiger partial charge in [-0.1, -0.05) is 37.1 Å². The molecule has 2 heteroatoms.